The lowest BCUT2D eigenvalue weighted by molar-refractivity contribution is 0.711. The highest BCUT2D eigenvalue weighted by Crippen LogP contribution is 2.34. The van der Waals surface area contributed by atoms with Gasteiger partial charge in [0.1, 0.15) is 0 Å². The van der Waals surface area contributed by atoms with Crippen LogP contribution in [-0.2, 0) is 6.42 Å². The van der Waals surface area contributed by atoms with Crippen molar-refractivity contribution >= 4 is 5.69 Å². The van der Waals surface area contributed by atoms with Crippen molar-refractivity contribution in [3.63, 3.8) is 0 Å². The second kappa shape index (κ2) is 4.95. The lowest BCUT2D eigenvalue weighted by Crippen LogP contribution is -2.32. The van der Waals surface area contributed by atoms with Gasteiger partial charge in [-0.2, -0.15) is 0 Å². The standard InChI is InChI=1S/C16H23N/c1-12(2)15-10-7-9-14-8-5-6-11-17(13(3)4)16(14)15/h5-7,9-10,12-13H,8,11H2,1-4H3. The van der Waals surface area contributed by atoms with E-state index >= 15 is 0 Å². The van der Waals surface area contributed by atoms with E-state index in [4.69, 9.17) is 0 Å². The lowest BCUT2D eigenvalue weighted by atomic mass is 9.95. The predicted octanol–water partition coefficient (Wildman–Crippen LogP) is 4.14. The van der Waals surface area contributed by atoms with Crippen molar-refractivity contribution in [2.75, 3.05) is 11.4 Å². The Morgan fingerprint density at radius 3 is 2.47 bits per heavy atom. The van der Waals surface area contributed by atoms with E-state index in [0.717, 1.165) is 13.0 Å². The Bertz CT molecular complexity index is 416. The van der Waals surface area contributed by atoms with Crippen molar-refractivity contribution in [1.29, 1.82) is 0 Å². The molecule has 1 aliphatic rings. The molecule has 17 heavy (non-hydrogen) atoms. The minimum absolute atomic E-state index is 0.552. The summed E-state index contributed by atoms with van der Waals surface area (Å²) in [7, 11) is 0. The van der Waals surface area contributed by atoms with Crippen LogP contribution in [0.15, 0.2) is 30.4 Å². The van der Waals surface area contributed by atoms with Gasteiger partial charge in [0, 0.05) is 18.3 Å². The molecule has 1 heteroatoms. The van der Waals surface area contributed by atoms with Crippen LogP contribution in [-0.4, -0.2) is 12.6 Å². The Morgan fingerprint density at radius 1 is 1.06 bits per heavy atom. The molecule has 0 bridgehead atoms. The van der Waals surface area contributed by atoms with Gasteiger partial charge < -0.3 is 4.90 Å². The molecule has 0 aromatic heterocycles. The predicted molar refractivity (Wildman–Crippen MR) is 75.9 cm³/mol. The minimum Gasteiger partial charge on any atom is -0.365 e. The zero-order valence-corrected chi connectivity index (χ0v) is 11.4. The molecule has 0 unspecified atom stereocenters. The number of para-hydroxylation sites is 1. The number of nitrogens with zero attached hydrogens (tertiary/aromatic N) is 1. The van der Waals surface area contributed by atoms with Crippen molar-refractivity contribution in [3.05, 3.63) is 41.5 Å². The van der Waals surface area contributed by atoms with Crippen molar-refractivity contribution in [2.24, 2.45) is 0 Å². The summed E-state index contributed by atoms with van der Waals surface area (Å²) in [5.41, 5.74) is 4.43. The molecule has 1 aromatic rings. The van der Waals surface area contributed by atoms with E-state index in [2.05, 4.69) is 62.9 Å². The van der Waals surface area contributed by atoms with Gasteiger partial charge in [-0.25, -0.2) is 0 Å². The summed E-state index contributed by atoms with van der Waals surface area (Å²) >= 11 is 0. The van der Waals surface area contributed by atoms with Gasteiger partial charge in [-0.05, 0) is 37.3 Å². The van der Waals surface area contributed by atoms with E-state index in [1.807, 2.05) is 0 Å². The maximum Gasteiger partial charge on any atom is 0.0442 e. The average molecular weight is 229 g/mol. The fourth-order valence-electron chi connectivity index (χ4n) is 2.55. The number of anilines is 1. The summed E-state index contributed by atoms with van der Waals surface area (Å²) in [6, 6.07) is 7.30. The topological polar surface area (TPSA) is 3.24 Å². The van der Waals surface area contributed by atoms with Gasteiger partial charge in [0.25, 0.3) is 0 Å². The summed E-state index contributed by atoms with van der Waals surface area (Å²) in [6.07, 6.45) is 5.66. The van der Waals surface area contributed by atoms with Crippen LogP contribution in [0.3, 0.4) is 0 Å². The van der Waals surface area contributed by atoms with E-state index in [1.54, 1.807) is 0 Å². The number of hydrogen-bond donors (Lipinski definition) is 0. The summed E-state index contributed by atoms with van der Waals surface area (Å²) in [6.45, 7) is 10.2. The van der Waals surface area contributed by atoms with Gasteiger partial charge in [0.05, 0.1) is 0 Å². The van der Waals surface area contributed by atoms with Crippen LogP contribution in [0.2, 0.25) is 0 Å². The van der Waals surface area contributed by atoms with Crippen molar-refractivity contribution in [2.45, 2.75) is 46.1 Å². The molecule has 0 fully saturated rings. The maximum absolute atomic E-state index is 2.52. The molecule has 0 saturated heterocycles. The SMILES string of the molecule is CC(C)c1cccc2c1N(C(C)C)CC=CC2. The van der Waals surface area contributed by atoms with E-state index in [0.29, 0.717) is 12.0 Å². The van der Waals surface area contributed by atoms with Gasteiger partial charge in [0.15, 0.2) is 0 Å². The molecule has 0 aliphatic carbocycles. The monoisotopic (exact) mass is 229 g/mol. The lowest BCUT2D eigenvalue weighted by Gasteiger charge is -2.32. The largest absolute Gasteiger partial charge is 0.365 e. The van der Waals surface area contributed by atoms with E-state index in [9.17, 15) is 0 Å². The van der Waals surface area contributed by atoms with Crippen LogP contribution in [0.4, 0.5) is 5.69 Å². The highest BCUT2D eigenvalue weighted by Gasteiger charge is 2.19. The third-order valence-electron chi connectivity index (χ3n) is 3.49. The van der Waals surface area contributed by atoms with Gasteiger partial charge in [-0.1, -0.05) is 44.2 Å². The minimum atomic E-state index is 0.552. The van der Waals surface area contributed by atoms with E-state index < -0.39 is 0 Å². The zero-order chi connectivity index (χ0) is 12.4. The first-order valence-electron chi connectivity index (χ1n) is 6.64. The quantitative estimate of drug-likeness (QED) is 0.689. The van der Waals surface area contributed by atoms with Crippen LogP contribution in [0.25, 0.3) is 0 Å². The van der Waals surface area contributed by atoms with Crippen molar-refractivity contribution in [3.8, 4) is 0 Å². The maximum atomic E-state index is 2.52. The fraction of sp³-hybridized carbons (Fsp3) is 0.500. The average Bonchev–Trinajstić information content (AvgIpc) is 2.50. The Balaban J connectivity index is 2.55. The highest BCUT2D eigenvalue weighted by atomic mass is 15.2. The molecular weight excluding hydrogens is 206 g/mol. The Kier molecular flexibility index (Phi) is 3.56. The molecule has 1 heterocycles. The highest BCUT2D eigenvalue weighted by molar-refractivity contribution is 5.63. The molecule has 0 saturated carbocycles. The van der Waals surface area contributed by atoms with Crippen LogP contribution in [0, 0.1) is 0 Å². The molecule has 2 rings (SSSR count). The molecule has 1 aromatic carbocycles. The first kappa shape index (κ1) is 12.2. The second-order valence-electron chi connectivity index (χ2n) is 5.43. The normalized spacial score (nSPS) is 15.3. The molecule has 92 valence electrons. The fourth-order valence-corrected chi connectivity index (χ4v) is 2.55. The molecule has 1 nitrogen and oxygen atoms in total. The van der Waals surface area contributed by atoms with Crippen LogP contribution >= 0.6 is 0 Å². The van der Waals surface area contributed by atoms with Gasteiger partial charge in [0.2, 0.25) is 0 Å². The Labute approximate surface area is 105 Å². The summed E-state index contributed by atoms with van der Waals surface area (Å²) < 4.78 is 0. The number of benzene rings is 1. The first-order chi connectivity index (χ1) is 8.11. The third kappa shape index (κ3) is 2.38. The summed E-state index contributed by atoms with van der Waals surface area (Å²) in [5.74, 6) is 0.587. The van der Waals surface area contributed by atoms with Crippen molar-refractivity contribution in [1.82, 2.24) is 0 Å². The third-order valence-corrected chi connectivity index (χ3v) is 3.49. The molecule has 1 aliphatic heterocycles. The molecule has 0 spiro atoms. The van der Waals surface area contributed by atoms with Crippen molar-refractivity contribution < 1.29 is 0 Å². The van der Waals surface area contributed by atoms with E-state index in [-0.39, 0.29) is 0 Å². The van der Waals surface area contributed by atoms with E-state index in [1.165, 1.54) is 16.8 Å². The van der Waals surface area contributed by atoms with Crippen LogP contribution in [0.1, 0.15) is 44.7 Å². The molecular formula is C16H23N. The Morgan fingerprint density at radius 2 is 1.82 bits per heavy atom. The van der Waals surface area contributed by atoms with Crippen LogP contribution < -0.4 is 4.90 Å². The molecule has 0 atom stereocenters. The molecule has 0 amide bonds. The summed E-state index contributed by atoms with van der Waals surface area (Å²) in [5, 5.41) is 0. The second-order valence-corrected chi connectivity index (χ2v) is 5.43. The smallest absolute Gasteiger partial charge is 0.0442 e. The number of hydrogen-bond acceptors (Lipinski definition) is 1. The van der Waals surface area contributed by atoms with Gasteiger partial charge in [-0.3, -0.25) is 0 Å². The Hall–Kier alpha value is -1.24. The number of allylic oxidation sites excluding steroid dienone is 1. The first-order valence-corrected chi connectivity index (χ1v) is 6.64. The van der Waals surface area contributed by atoms with Gasteiger partial charge in [-0.15, -0.1) is 0 Å². The zero-order valence-electron chi connectivity index (χ0n) is 11.4. The number of fused-ring (bicyclic) bond motifs is 1. The number of rotatable bonds is 2. The molecule has 0 radical (unpaired) electrons. The van der Waals surface area contributed by atoms with Crippen LogP contribution in [0.5, 0.6) is 0 Å². The van der Waals surface area contributed by atoms with Gasteiger partial charge >= 0.3 is 0 Å². The summed E-state index contributed by atoms with van der Waals surface area (Å²) in [4.78, 5) is 2.52. The molecule has 0 N–H and O–H groups in total.